The summed E-state index contributed by atoms with van der Waals surface area (Å²) in [6.45, 7) is 0.495. The molecule has 0 saturated heterocycles. The van der Waals surface area contributed by atoms with Gasteiger partial charge in [-0.2, -0.15) is 0 Å². The van der Waals surface area contributed by atoms with Crippen molar-refractivity contribution >= 4 is 33.2 Å². The van der Waals surface area contributed by atoms with Crippen molar-refractivity contribution in [2.75, 3.05) is 20.3 Å². The highest BCUT2D eigenvalue weighted by molar-refractivity contribution is 7.20. The summed E-state index contributed by atoms with van der Waals surface area (Å²) in [4.78, 5) is 23.9. The summed E-state index contributed by atoms with van der Waals surface area (Å²) in [5.74, 6) is -0.0327. The van der Waals surface area contributed by atoms with E-state index in [0.29, 0.717) is 10.6 Å². The minimum Gasteiger partial charge on any atom is -0.507 e. The van der Waals surface area contributed by atoms with Crippen molar-refractivity contribution in [2.45, 2.75) is 0 Å². The molecule has 0 fully saturated rings. The number of phenols is 1. The zero-order chi connectivity index (χ0) is 19.4. The molecule has 7 nitrogen and oxygen atoms in total. The Morgan fingerprint density at radius 2 is 1.93 bits per heavy atom. The topological polar surface area (TPSA) is 111 Å². The fraction of sp³-hybridized carbons (Fsp3) is 0.158. The molecule has 0 saturated carbocycles. The Morgan fingerprint density at radius 3 is 2.63 bits per heavy atom. The maximum absolute atomic E-state index is 12.3. The Labute approximate surface area is 159 Å². The molecule has 0 atom stereocenters. The lowest BCUT2D eigenvalue weighted by atomic mass is 10.2. The molecule has 0 bridgehead atoms. The summed E-state index contributed by atoms with van der Waals surface area (Å²) in [5.41, 5.74) is 5.15. The molecule has 3 rings (SSSR count). The van der Waals surface area contributed by atoms with Crippen LogP contribution in [-0.2, 0) is 0 Å². The van der Waals surface area contributed by atoms with Gasteiger partial charge < -0.3 is 25.6 Å². The van der Waals surface area contributed by atoms with Crippen LogP contribution < -0.4 is 20.5 Å². The zero-order valence-electron chi connectivity index (χ0n) is 14.5. The van der Waals surface area contributed by atoms with Gasteiger partial charge in [0.15, 0.2) is 0 Å². The first-order chi connectivity index (χ1) is 13.0. The number of benzene rings is 2. The van der Waals surface area contributed by atoms with Gasteiger partial charge in [-0.25, -0.2) is 0 Å². The Balaban J connectivity index is 1.54. The first-order valence-electron chi connectivity index (χ1n) is 8.09. The van der Waals surface area contributed by atoms with Crippen LogP contribution in [0.25, 0.3) is 10.1 Å². The van der Waals surface area contributed by atoms with Crippen LogP contribution in [0.4, 0.5) is 0 Å². The molecule has 0 radical (unpaired) electrons. The lowest BCUT2D eigenvalue weighted by Gasteiger charge is -2.08. The van der Waals surface area contributed by atoms with Gasteiger partial charge in [-0.1, -0.05) is 0 Å². The summed E-state index contributed by atoms with van der Waals surface area (Å²) < 4.78 is 11.6. The summed E-state index contributed by atoms with van der Waals surface area (Å²) in [6.07, 6.45) is 0. The number of amides is 2. The molecule has 0 aliphatic carbocycles. The largest absolute Gasteiger partial charge is 0.507 e. The van der Waals surface area contributed by atoms with E-state index < -0.39 is 5.91 Å². The molecule has 3 aromatic rings. The molecular formula is C19H18N2O5S. The van der Waals surface area contributed by atoms with E-state index in [4.69, 9.17) is 15.2 Å². The number of thiophene rings is 1. The molecule has 4 N–H and O–H groups in total. The van der Waals surface area contributed by atoms with Gasteiger partial charge in [-0.3, -0.25) is 9.59 Å². The van der Waals surface area contributed by atoms with E-state index in [1.807, 2.05) is 24.3 Å². The lowest BCUT2D eigenvalue weighted by Crippen LogP contribution is -2.27. The number of primary amides is 1. The van der Waals surface area contributed by atoms with Gasteiger partial charge in [0, 0.05) is 10.8 Å². The number of ether oxygens (including phenoxy) is 2. The zero-order valence-corrected chi connectivity index (χ0v) is 15.3. The smallest absolute Gasteiger partial charge is 0.261 e. The minimum absolute atomic E-state index is 0.0250. The van der Waals surface area contributed by atoms with E-state index in [2.05, 4.69) is 5.32 Å². The van der Waals surface area contributed by atoms with E-state index in [1.54, 1.807) is 7.11 Å². The summed E-state index contributed by atoms with van der Waals surface area (Å²) >= 11 is 1.40. The fourth-order valence-corrected chi connectivity index (χ4v) is 3.45. The predicted octanol–water partition coefficient (Wildman–Crippen LogP) is 2.52. The minimum atomic E-state index is -0.715. The summed E-state index contributed by atoms with van der Waals surface area (Å²) in [5, 5.41) is 13.4. The highest BCUT2D eigenvalue weighted by atomic mass is 32.1. The molecule has 140 valence electrons. The van der Waals surface area contributed by atoms with Crippen molar-refractivity contribution in [3.63, 3.8) is 0 Å². The van der Waals surface area contributed by atoms with E-state index in [-0.39, 0.29) is 30.4 Å². The third-order valence-corrected chi connectivity index (χ3v) is 4.95. The number of hydrogen-bond donors (Lipinski definition) is 3. The molecule has 0 aliphatic rings. The lowest BCUT2D eigenvalue weighted by molar-refractivity contribution is 0.0949. The van der Waals surface area contributed by atoms with Crippen LogP contribution in [0.1, 0.15) is 20.0 Å². The highest BCUT2D eigenvalue weighted by Crippen LogP contribution is 2.29. The molecule has 8 heteroatoms. The second-order valence-electron chi connectivity index (χ2n) is 5.66. The third-order valence-electron chi connectivity index (χ3n) is 3.84. The van der Waals surface area contributed by atoms with Gasteiger partial charge in [-0.15, -0.1) is 11.3 Å². The Kier molecular flexibility index (Phi) is 5.46. The van der Waals surface area contributed by atoms with Crippen LogP contribution >= 0.6 is 11.3 Å². The standard InChI is InChI=1S/C19H18N2O5S/c1-25-12-3-5-16-11(8-12)9-17(27-16)19(24)21-6-7-26-13-2-4-14(18(20)23)15(22)10-13/h2-5,8-10,22H,6-7H2,1H3,(H2,20,23)(H,21,24). The van der Waals surface area contributed by atoms with Crippen LogP contribution in [0.2, 0.25) is 0 Å². The third kappa shape index (κ3) is 4.29. The maximum Gasteiger partial charge on any atom is 0.261 e. The van der Waals surface area contributed by atoms with Gasteiger partial charge in [0.2, 0.25) is 0 Å². The van der Waals surface area contributed by atoms with Crippen molar-refractivity contribution < 1.29 is 24.2 Å². The van der Waals surface area contributed by atoms with Crippen molar-refractivity contribution in [3.05, 3.63) is 52.9 Å². The van der Waals surface area contributed by atoms with Crippen LogP contribution in [-0.4, -0.2) is 37.2 Å². The number of rotatable bonds is 7. The molecule has 0 aliphatic heterocycles. The number of aromatic hydroxyl groups is 1. The van der Waals surface area contributed by atoms with E-state index in [1.165, 1.54) is 29.5 Å². The molecule has 0 unspecified atom stereocenters. The average Bonchev–Trinajstić information content (AvgIpc) is 3.08. The quantitative estimate of drug-likeness (QED) is 0.541. The normalized spacial score (nSPS) is 10.6. The Morgan fingerprint density at radius 1 is 1.15 bits per heavy atom. The number of methoxy groups -OCH3 is 1. The average molecular weight is 386 g/mol. The fourth-order valence-electron chi connectivity index (χ4n) is 2.49. The van der Waals surface area contributed by atoms with Gasteiger partial charge in [-0.05, 0) is 41.8 Å². The maximum atomic E-state index is 12.3. The van der Waals surface area contributed by atoms with E-state index in [9.17, 15) is 14.7 Å². The Hall–Kier alpha value is -3.26. The molecule has 27 heavy (non-hydrogen) atoms. The molecule has 2 aromatic carbocycles. The first kappa shape index (κ1) is 18.5. The van der Waals surface area contributed by atoms with Gasteiger partial charge in [0.05, 0.1) is 24.1 Å². The molecule has 0 spiro atoms. The second kappa shape index (κ2) is 7.96. The van der Waals surface area contributed by atoms with Crippen molar-refractivity contribution in [1.29, 1.82) is 0 Å². The number of hydrogen-bond acceptors (Lipinski definition) is 6. The van der Waals surface area contributed by atoms with Gasteiger partial charge in [0.1, 0.15) is 23.9 Å². The van der Waals surface area contributed by atoms with E-state index in [0.717, 1.165) is 15.8 Å². The first-order valence-corrected chi connectivity index (χ1v) is 8.91. The molecule has 2 amide bonds. The van der Waals surface area contributed by atoms with Crippen molar-refractivity contribution in [2.24, 2.45) is 5.73 Å². The van der Waals surface area contributed by atoms with Crippen LogP contribution in [0.15, 0.2) is 42.5 Å². The monoisotopic (exact) mass is 386 g/mol. The van der Waals surface area contributed by atoms with Gasteiger partial charge in [0.25, 0.3) is 11.8 Å². The van der Waals surface area contributed by atoms with Crippen molar-refractivity contribution in [1.82, 2.24) is 5.32 Å². The second-order valence-corrected chi connectivity index (χ2v) is 6.75. The molecular weight excluding hydrogens is 368 g/mol. The van der Waals surface area contributed by atoms with Crippen LogP contribution in [0, 0.1) is 0 Å². The summed E-state index contributed by atoms with van der Waals surface area (Å²) in [6, 6.07) is 11.7. The number of nitrogens with one attached hydrogen (secondary N) is 1. The van der Waals surface area contributed by atoms with Gasteiger partial charge >= 0.3 is 0 Å². The number of carbonyl (C=O) groups is 2. The number of carbonyl (C=O) groups excluding carboxylic acids is 2. The van der Waals surface area contributed by atoms with Crippen molar-refractivity contribution in [3.8, 4) is 17.2 Å². The predicted molar refractivity (Wildman–Crippen MR) is 103 cm³/mol. The van der Waals surface area contributed by atoms with Crippen LogP contribution in [0.3, 0.4) is 0 Å². The van der Waals surface area contributed by atoms with E-state index >= 15 is 0 Å². The van der Waals surface area contributed by atoms with Crippen LogP contribution in [0.5, 0.6) is 17.2 Å². The molecule has 1 aromatic heterocycles. The Bertz CT molecular complexity index is 999. The highest BCUT2D eigenvalue weighted by Gasteiger charge is 2.11. The summed E-state index contributed by atoms with van der Waals surface area (Å²) in [7, 11) is 1.60. The number of fused-ring (bicyclic) bond motifs is 1. The number of nitrogens with two attached hydrogens (primary N) is 1. The molecule has 1 heterocycles. The SMILES string of the molecule is COc1ccc2sc(C(=O)NCCOc3ccc(C(N)=O)c(O)c3)cc2c1.